The molecule has 0 aromatic heterocycles. The van der Waals surface area contributed by atoms with Gasteiger partial charge < -0.3 is 9.84 Å². The first kappa shape index (κ1) is 13.7. The van der Waals surface area contributed by atoms with Crippen LogP contribution in [-0.2, 0) is 14.3 Å². The summed E-state index contributed by atoms with van der Waals surface area (Å²) in [5.74, 6) is -1.66. The van der Waals surface area contributed by atoms with Crippen LogP contribution in [0, 0.1) is 5.92 Å². The lowest BCUT2D eigenvalue weighted by atomic mass is 10.0. The molecule has 0 bridgehead atoms. The van der Waals surface area contributed by atoms with E-state index in [1.807, 2.05) is 6.92 Å². The number of carbonyl (C=O) groups excluding carboxylic acids is 1. The molecule has 0 aromatic carbocycles. The van der Waals surface area contributed by atoms with Gasteiger partial charge in [0.15, 0.2) is 0 Å². The molecule has 1 N–H and O–H groups in total. The first-order chi connectivity index (χ1) is 8.15. The lowest BCUT2D eigenvalue weighted by Gasteiger charge is -2.07. The van der Waals surface area contributed by atoms with E-state index in [2.05, 4.69) is 0 Å². The molecular weight excluding hydrogens is 220 g/mol. The molecule has 17 heavy (non-hydrogen) atoms. The molecule has 0 radical (unpaired) electrons. The summed E-state index contributed by atoms with van der Waals surface area (Å²) in [5, 5.41) is 8.99. The molecule has 1 aliphatic carbocycles. The summed E-state index contributed by atoms with van der Waals surface area (Å²) in [6.45, 7) is 2.28. The SMILES string of the molecule is CCCCOC(=O)C(=CC1CCCC1)C(=O)O. The lowest BCUT2D eigenvalue weighted by Crippen LogP contribution is -2.17. The number of unbranched alkanes of at least 4 members (excludes halogenated alkanes) is 1. The van der Waals surface area contributed by atoms with Crippen molar-refractivity contribution < 1.29 is 19.4 Å². The highest BCUT2D eigenvalue weighted by Gasteiger charge is 2.22. The number of aliphatic carboxylic acids is 1. The first-order valence-electron chi connectivity index (χ1n) is 6.27. The van der Waals surface area contributed by atoms with Crippen molar-refractivity contribution in [2.75, 3.05) is 6.61 Å². The van der Waals surface area contributed by atoms with Gasteiger partial charge in [-0.2, -0.15) is 0 Å². The topological polar surface area (TPSA) is 63.6 Å². The van der Waals surface area contributed by atoms with Gasteiger partial charge in [0.1, 0.15) is 5.57 Å². The minimum atomic E-state index is -1.18. The van der Waals surface area contributed by atoms with Gasteiger partial charge in [-0.1, -0.05) is 32.3 Å². The second-order valence-electron chi connectivity index (χ2n) is 4.42. The Bertz CT molecular complexity index is 301. The molecule has 4 heteroatoms. The van der Waals surface area contributed by atoms with Gasteiger partial charge in [-0.05, 0) is 25.2 Å². The largest absolute Gasteiger partial charge is 0.477 e. The monoisotopic (exact) mass is 240 g/mol. The zero-order valence-electron chi connectivity index (χ0n) is 10.3. The minimum absolute atomic E-state index is 0.201. The summed E-state index contributed by atoms with van der Waals surface area (Å²) >= 11 is 0. The maximum absolute atomic E-state index is 11.6. The van der Waals surface area contributed by atoms with E-state index in [-0.39, 0.29) is 11.5 Å². The summed E-state index contributed by atoms with van der Waals surface area (Å²) < 4.78 is 4.93. The number of carboxylic acids is 1. The number of esters is 1. The zero-order chi connectivity index (χ0) is 12.7. The summed E-state index contributed by atoms with van der Waals surface area (Å²) in [6.07, 6.45) is 7.42. The van der Waals surface area contributed by atoms with Gasteiger partial charge in [-0.15, -0.1) is 0 Å². The maximum atomic E-state index is 11.6. The predicted molar refractivity (Wildman–Crippen MR) is 63.5 cm³/mol. The normalized spacial score (nSPS) is 17.1. The fourth-order valence-corrected chi connectivity index (χ4v) is 1.97. The summed E-state index contributed by atoms with van der Waals surface area (Å²) in [6, 6.07) is 0. The van der Waals surface area contributed by atoms with Crippen molar-refractivity contribution in [3.8, 4) is 0 Å². The van der Waals surface area contributed by atoms with Gasteiger partial charge in [-0.3, -0.25) is 0 Å². The van der Waals surface area contributed by atoms with Crippen molar-refractivity contribution in [1.29, 1.82) is 0 Å². The number of carboxylic acid groups (broad SMARTS) is 1. The van der Waals surface area contributed by atoms with Crippen LogP contribution in [0.15, 0.2) is 11.6 Å². The molecule has 0 atom stereocenters. The highest BCUT2D eigenvalue weighted by molar-refractivity contribution is 6.13. The van der Waals surface area contributed by atoms with Gasteiger partial charge >= 0.3 is 11.9 Å². The third kappa shape index (κ3) is 4.59. The average molecular weight is 240 g/mol. The van der Waals surface area contributed by atoms with Crippen molar-refractivity contribution in [1.82, 2.24) is 0 Å². The minimum Gasteiger partial charge on any atom is -0.477 e. The Labute approximate surface area is 102 Å². The lowest BCUT2D eigenvalue weighted by molar-refractivity contribution is -0.144. The average Bonchev–Trinajstić information content (AvgIpc) is 2.78. The van der Waals surface area contributed by atoms with Crippen LogP contribution < -0.4 is 0 Å². The summed E-state index contributed by atoms with van der Waals surface area (Å²) in [5.41, 5.74) is -0.201. The van der Waals surface area contributed by atoms with E-state index in [0.29, 0.717) is 6.61 Å². The molecule has 1 saturated carbocycles. The third-order valence-electron chi connectivity index (χ3n) is 2.98. The fraction of sp³-hybridized carbons (Fsp3) is 0.692. The second kappa shape index (κ2) is 7.09. The Morgan fingerprint density at radius 1 is 1.35 bits per heavy atom. The van der Waals surface area contributed by atoms with E-state index < -0.39 is 11.9 Å². The molecule has 96 valence electrons. The molecule has 0 aromatic rings. The van der Waals surface area contributed by atoms with E-state index in [4.69, 9.17) is 9.84 Å². The molecule has 1 fully saturated rings. The Kier molecular flexibility index (Phi) is 5.73. The van der Waals surface area contributed by atoms with Crippen molar-refractivity contribution in [3.63, 3.8) is 0 Å². The van der Waals surface area contributed by atoms with Crippen LogP contribution in [0.3, 0.4) is 0 Å². The van der Waals surface area contributed by atoms with E-state index >= 15 is 0 Å². The van der Waals surface area contributed by atoms with Gasteiger partial charge in [-0.25, -0.2) is 9.59 Å². The number of hydrogen-bond donors (Lipinski definition) is 1. The van der Waals surface area contributed by atoms with Gasteiger partial charge in [0.25, 0.3) is 0 Å². The number of allylic oxidation sites excluding steroid dienone is 1. The van der Waals surface area contributed by atoms with Gasteiger partial charge in [0.05, 0.1) is 6.61 Å². The highest BCUT2D eigenvalue weighted by atomic mass is 16.5. The summed E-state index contributed by atoms with van der Waals surface area (Å²) in [4.78, 5) is 22.6. The molecule has 4 nitrogen and oxygen atoms in total. The standard InChI is InChI=1S/C13H20O4/c1-2-3-8-17-13(16)11(12(14)15)9-10-6-4-5-7-10/h9-10H,2-8H2,1H3,(H,14,15). The van der Waals surface area contributed by atoms with E-state index in [1.54, 1.807) is 6.08 Å². The number of ether oxygens (including phenoxy) is 1. The molecule has 0 heterocycles. The van der Waals surface area contributed by atoms with Crippen LogP contribution >= 0.6 is 0 Å². The van der Waals surface area contributed by atoms with E-state index in [0.717, 1.165) is 38.5 Å². The Morgan fingerprint density at radius 3 is 2.53 bits per heavy atom. The summed E-state index contributed by atoms with van der Waals surface area (Å²) in [7, 11) is 0. The Morgan fingerprint density at radius 2 is 2.00 bits per heavy atom. The molecule has 0 spiro atoms. The number of carbonyl (C=O) groups is 2. The van der Waals surface area contributed by atoms with Crippen LogP contribution in [0.5, 0.6) is 0 Å². The van der Waals surface area contributed by atoms with Crippen LogP contribution in [0.4, 0.5) is 0 Å². The smallest absolute Gasteiger partial charge is 0.345 e. The van der Waals surface area contributed by atoms with Crippen molar-refractivity contribution >= 4 is 11.9 Å². The molecule has 1 rings (SSSR count). The van der Waals surface area contributed by atoms with Crippen LogP contribution in [0.25, 0.3) is 0 Å². The predicted octanol–water partition coefficient (Wildman–Crippen LogP) is 2.53. The van der Waals surface area contributed by atoms with Crippen LogP contribution in [0.1, 0.15) is 45.4 Å². The Balaban J connectivity index is 2.57. The fourth-order valence-electron chi connectivity index (χ4n) is 1.97. The van der Waals surface area contributed by atoms with Crippen LogP contribution in [-0.4, -0.2) is 23.7 Å². The molecule has 0 saturated heterocycles. The van der Waals surface area contributed by atoms with Crippen LogP contribution in [0.2, 0.25) is 0 Å². The number of hydrogen-bond acceptors (Lipinski definition) is 3. The first-order valence-corrected chi connectivity index (χ1v) is 6.27. The molecule has 0 amide bonds. The van der Waals surface area contributed by atoms with E-state index in [1.165, 1.54) is 0 Å². The molecule has 0 aliphatic heterocycles. The van der Waals surface area contributed by atoms with E-state index in [9.17, 15) is 9.59 Å². The van der Waals surface area contributed by atoms with Crippen molar-refractivity contribution in [3.05, 3.63) is 11.6 Å². The zero-order valence-corrected chi connectivity index (χ0v) is 10.3. The number of rotatable bonds is 6. The van der Waals surface area contributed by atoms with Crippen molar-refractivity contribution in [2.45, 2.75) is 45.4 Å². The Hall–Kier alpha value is -1.32. The molecular formula is C13H20O4. The molecule has 0 unspecified atom stereocenters. The van der Waals surface area contributed by atoms with Crippen molar-refractivity contribution in [2.24, 2.45) is 5.92 Å². The quantitative estimate of drug-likeness (QED) is 0.255. The third-order valence-corrected chi connectivity index (χ3v) is 2.98. The highest BCUT2D eigenvalue weighted by Crippen LogP contribution is 2.27. The maximum Gasteiger partial charge on any atom is 0.345 e. The van der Waals surface area contributed by atoms with Gasteiger partial charge in [0, 0.05) is 0 Å². The molecule has 1 aliphatic rings. The van der Waals surface area contributed by atoms with Gasteiger partial charge in [0.2, 0.25) is 0 Å². The second-order valence-corrected chi connectivity index (χ2v) is 4.42.